The molecule has 4 rings (SSSR count). The maximum Gasteiger partial charge on any atom is 0.407 e. The zero-order chi connectivity index (χ0) is 24.1. The molecule has 0 radical (unpaired) electrons. The van der Waals surface area contributed by atoms with Crippen LogP contribution in [0.1, 0.15) is 49.7 Å². The molecule has 0 aliphatic heterocycles. The average Bonchev–Trinajstić information content (AvgIpc) is 3.39. The lowest BCUT2D eigenvalue weighted by Gasteiger charge is -2.21. The first kappa shape index (κ1) is 23.5. The summed E-state index contributed by atoms with van der Waals surface area (Å²) in [6, 6.07) is 16.3. The molecule has 3 N–H and O–H groups in total. The third-order valence-corrected chi connectivity index (χ3v) is 6.80. The van der Waals surface area contributed by atoms with Crippen LogP contribution < -0.4 is 10.6 Å². The van der Waals surface area contributed by atoms with Gasteiger partial charge in [-0.2, -0.15) is 0 Å². The summed E-state index contributed by atoms with van der Waals surface area (Å²) in [4.78, 5) is 35.7. The molecule has 0 heterocycles. The van der Waals surface area contributed by atoms with Gasteiger partial charge in [0, 0.05) is 30.5 Å². The Kier molecular flexibility index (Phi) is 7.30. The van der Waals surface area contributed by atoms with Crippen LogP contribution in [0.2, 0.25) is 0 Å². The van der Waals surface area contributed by atoms with Gasteiger partial charge in [-0.05, 0) is 47.9 Å². The molecule has 2 amide bonds. The van der Waals surface area contributed by atoms with Crippen molar-refractivity contribution in [1.29, 1.82) is 0 Å². The Labute approximate surface area is 199 Å². The van der Waals surface area contributed by atoms with E-state index in [4.69, 9.17) is 9.84 Å². The fourth-order valence-corrected chi connectivity index (χ4v) is 4.98. The van der Waals surface area contributed by atoms with Crippen LogP contribution in [0.15, 0.2) is 60.2 Å². The van der Waals surface area contributed by atoms with Gasteiger partial charge < -0.3 is 20.5 Å². The van der Waals surface area contributed by atoms with E-state index in [1.54, 1.807) is 0 Å². The van der Waals surface area contributed by atoms with Crippen molar-refractivity contribution in [2.75, 3.05) is 13.2 Å². The van der Waals surface area contributed by atoms with Gasteiger partial charge in [-0.3, -0.25) is 4.79 Å². The van der Waals surface area contributed by atoms with Gasteiger partial charge in [-0.15, -0.1) is 0 Å². The molecule has 7 heteroatoms. The molecular weight excluding hydrogens is 432 g/mol. The van der Waals surface area contributed by atoms with Crippen LogP contribution in [0.4, 0.5) is 4.79 Å². The molecule has 0 saturated heterocycles. The summed E-state index contributed by atoms with van der Waals surface area (Å²) in [6.45, 7) is 1.92. The van der Waals surface area contributed by atoms with Crippen LogP contribution >= 0.6 is 0 Å². The number of ether oxygens (including phenoxy) is 1. The Morgan fingerprint density at radius 3 is 2.32 bits per heavy atom. The number of carbonyl (C=O) groups excluding carboxylic acids is 2. The van der Waals surface area contributed by atoms with E-state index in [-0.39, 0.29) is 48.9 Å². The highest BCUT2D eigenvalue weighted by atomic mass is 16.5. The quantitative estimate of drug-likeness (QED) is 0.509. The lowest BCUT2D eigenvalue weighted by Crippen LogP contribution is -2.40. The molecule has 0 aromatic heterocycles. The normalized spacial score (nSPS) is 19.3. The zero-order valence-corrected chi connectivity index (χ0v) is 19.3. The number of carboxylic acids is 1. The number of nitrogens with one attached hydrogen (secondary N) is 2. The number of amides is 2. The SMILES string of the molecule is C/C(=C\CNC(=O)CC1CCCC1NC(=O)OCC1c2ccccc2-c2ccccc21)C(=O)O. The van der Waals surface area contributed by atoms with Gasteiger partial charge in [0.05, 0.1) is 0 Å². The van der Waals surface area contributed by atoms with Crippen LogP contribution in [-0.4, -0.2) is 42.3 Å². The van der Waals surface area contributed by atoms with Gasteiger partial charge >= 0.3 is 12.1 Å². The van der Waals surface area contributed by atoms with E-state index in [0.29, 0.717) is 0 Å². The molecule has 7 nitrogen and oxygen atoms in total. The minimum atomic E-state index is -1.00. The molecule has 0 bridgehead atoms. The number of aliphatic carboxylic acids is 1. The number of hydrogen-bond donors (Lipinski definition) is 3. The topological polar surface area (TPSA) is 105 Å². The summed E-state index contributed by atoms with van der Waals surface area (Å²) >= 11 is 0. The third-order valence-electron chi connectivity index (χ3n) is 6.80. The number of rotatable bonds is 8. The fraction of sp³-hybridized carbons (Fsp3) is 0.370. The Morgan fingerprint density at radius 2 is 1.68 bits per heavy atom. The predicted octanol–water partition coefficient (Wildman–Crippen LogP) is 4.23. The number of alkyl carbamates (subject to hydrolysis) is 1. The van der Waals surface area contributed by atoms with Gasteiger partial charge in [0.25, 0.3) is 0 Å². The highest BCUT2D eigenvalue weighted by Crippen LogP contribution is 2.44. The lowest BCUT2D eigenvalue weighted by molar-refractivity contribution is -0.132. The second kappa shape index (κ2) is 10.5. The fourth-order valence-electron chi connectivity index (χ4n) is 4.98. The first-order valence-corrected chi connectivity index (χ1v) is 11.7. The van der Waals surface area contributed by atoms with Crippen LogP contribution in [-0.2, 0) is 14.3 Å². The summed E-state index contributed by atoms with van der Waals surface area (Å²) in [5.74, 6) is -1.12. The van der Waals surface area contributed by atoms with Crippen LogP contribution in [0.3, 0.4) is 0 Å². The van der Waals surface area contributed by atoms with Crippen molar-refractivity contribution in [1.82, 2.24) is 10.6 Å². The van der Waals surface area contributed by atoms with Crippen LogP contribution in [0, 0.1) is 5.92 Å². The minimum absolute atomic E-state index is 0.00520. The Hall–Kier alpha value is -3.61. The molecule has 2 atom stereocenters. The van der Waals surface area contributed by atoms with Crippen molar-refractivity contribution in [2.24, 2.45) is 5.92 Å². The molecule has 1 saturated carbocycles. The van der Waals surface area contributed by atoms with E-state index in [0.717, 1.165) is 19.3 Å². The molecule has 2 aliphatic rings. The van der Waals surface area contributed by atoms with Crippen molar-refractivity contribution in [3.05, 3.63) is 71.3 Å². The number of carboxylic acid groups (broad SMARTS) is 1. The van der Waals surface area contributed by atoms with Crippen molar-refractivity contribution in [2.45, 2.75) is 44.6 Å². The molecule has 34 heavy (non-hydrogen) atoms. The molecule has 2 aliphatic carbocycles. The molecule has 0 spiro atoms. The van der Waals surface area contributed by atoms with Gasteiger partial charge in [0.1, 0.15) is 6.61 Å². The first-order chi connectivity index (χ1) is 16.4. The Bertz CT molecular complexity index is 1060. The second-order valence-electron chi connectivity index (χ2n) is 8.97. The van der Waals surface area contributed by atoms with E-state index >= 15 is 0 Å². The van der Waals surface area contributed by atoms with E-state index < -0.39 is 12.1 Å². The summed E-state index contributed by atoms with van der Waals surface area (Å²) < 4.78 is 5.65. The van der Waals surface area contributed by atoms with Crippen LogP contribution in [0.5, 0.6) is 0 Å². The number of carbonyl (C=O) groups is 3. The van der Waals surface area contributed by atoms with Gasteiger partial charge in [0.15, 0.2) is 0 Å². The lowest BCUT2D eigenvalue weighted by atomic mass is 9.98. The number of hydrogen-bond acceptors (Lipinski definition) is 4. The summed E-state index contributed by atoms with van der Waals surface area (Å²) in [5.41, 5.74) is 4.89. The van der Waals surface area contributed by atoms with Crippen LogP contribution in [0.25, 0.3) is 11.1 Å². The zero-order valence-electron chi connectivity index (χ0n) is 19.3. The Morgan fingerprint density at radius 1 is 1.03 bits per heavy atom. The van der Waals surface area contributed by atoms with Crippen molar-refractivity contribution < 1.29 is 24.2 Å². The monoisotopic (exact) mass is 462 g/mol. The van der Waals surface area contributed by atoms with Crippen molar-refractivity contribution in [3.8, 4) is 11.1 Å². The molecule has 2 aromatic carbocycles. The maximum atomic E-state index is 12.6. The summed E-state index contributed by atoms with van der Waals surface area (Å²) in [5, 5.41) is 14.6. The maximum absolute atomic E-state index is 12.6. The molecule has 1 fully saturated rings. The number of benzene rings is 2. The van der Waals surface area contributed by atoms with Gasteiger partial charge in [-0.25, -0.2) is 9.59 Å². The van der Waals surface area contributed by atoms with Crippen molar-refractivity contribution >= 4 is 18.0 Å². The first-order valence-electron chi connectivity index (χ1n) is 11.7. The predicted molar refractivity (Wildman–Crippen MR) is 128 cm³/mol. The Balaban J connectivity index is 1.29. The summed E-state index contributed by atoms with van der Waals surface area (Å²) in [6.07, 6.45) is 3.89. The molecule has 2 aromatic rings. The molecular formula is C27H30N2O5. The molecule has 178 valence electrons. The molecule has 2 unspecified atom stereocenters. The van der Waals surface area contributed by atoms with E-state index in [1.165, 1.54) is 35.3 Å². The second-order valence-corrected chi connectivity index (χ2v) is 8.97. The smallest absolute Gasteiger partial charge is 0.407 e. The van der Waals surface area contributed by atoms with Gasteiger partial charge in [0.2, 0.25) is 5.91 Å². The van der Waals surface area contributed by atoms with E-state index in [2.05, 4.69) is 34.9 Å². The number of fused-ring (bicyclic) bond motifs is 3. The highest BCUT2D eigenvalue weighted by molar-refractivity contribution is 5.86. The average molecular weight is 463 g/mol. The van der Waals surface area contributed by atoms with E-state index in [1.807, 2.05) is 24.3 Å². The highest BCUT2D eigenvalue weighted by Gasteiger charge is 2.32. The summed E-state index contributed by atoms with van der Waals surface area (Å²) in [7, 11) is 0. The van der Waals surface area contributed by atoms with E-state index in [9.17, 15) is 14.4 Å². The van der Waals surface area contributed by atoms with Crippen molar-refractivity contribution in [3.63, 3.8) is 0 Å². The van der Waals surface area contributed by atoms with Gasteiger partial charge in [-0.1, -0.05) is 61.0 Å². The third kappa shape index (κ3) is 5.30. The largest absolute Gasteiger partial charge is 0.478 e. The minimum Gasteiger partial charge on any atom is -0.478 e. The standard InChI is InChI=1S/C27H30N2O5/c1-17(26(31)32)13-14-28-25(30)15-18-7-6-12-24(18)29-27(33)34-16-23-21-10-4-2-8-19(21)20-9-3-5-11-22(20)23/h2-5,8-11,13,18,23-24H,6-7,12,14-16H2,1H3,(H,28,30)(H,29,33)(H,31,32)/b17-13+.